The fourth-order valence-corrected chi connectivity index (χ4v) is 3.85. The lowest BCUT2D eigenvalue weighted by molar-refractivity contribution is 0.138. The summed E-state index contributed by atoms with van der Waals surface area (Å²) >= 11 is 5.38. The van der Waals surface area contributed by atoms with Crippen molar-refractivity contribution in [3.8, 4) is 11.5 Å². The Balaban J connectivity index is 1.35. The quantitative estimate of drug-likeness (QED) is 0.578. The lowest BCUT2D eigenvalue weighted by Crippen LogP contribution is -2.36. The first-order valence-corrected chi connectivity index (χ1v) is 9.99. The molecule has 0 saturated carbocycles. The topological polar surface area (TPSA) is 34.2 Å². The summed E-state index contributed by atoms with van der Waals surface area (Å²) in [5.41, 5.74) is 3.62. The van der Waals surface area contributed by atoms with Gasteiger partial charge in [-0.1, -0.05) is 48.0 Å². The van der Waals surface area contributed by atoms with Crippen molar-refractivity contribution in [2.24, 2.45) is 5.92 Å². The predicted octanol–water partition coefficient (Wildman–Crippen LogP) is 5.09. The van der Waals surface area contributed by atoms with Gasteiger partial charge in [0.25, 0.3) is 4.84 Å². The van der Waals surface area contributed by atoms with E-state index in [-0.39, 0.29) is 0 Å². The van der Waals surface area contributed by atoms with Gasteiger partial charge in [0.2, 0.25) is 5.89 Å². The maximum atomic E-state index is 5.72. The van der Waals surface area contributed by atoms with Crippen LogP contribution in [0.15, 0.2) is 59.0 Å². The maximum absolute atomic E-state index is 5.72. The molecule has 0 spiro atoms. The molecule has 2 heterocycles. The minimum atomic E-state index is 0.442. The maximum Gasteiger partial charge on any atom is 0.288 e. The average molecular weight is 380 g/mol. The zero-order valence-electron chi connectivity index (χ0n) is 15.7. The third-order valence-electron chi connectivity index (χ3n) is 5.31. The number of rotatable bonds is 5. The summed E-state index contributed by atoms with van der Waals surface area (Å²) in [5.74, 6) is 1.36. The van der Waals surface area contributed by atoms with Gasteiger partial charge in [-0.3, -0.25) is 4.90 Å². The first-order valence-electron chi connectivity index (χ1n) is 9.58. The molecule has 2 aromatic carbocycles. The van der Waals surface area contributed by atoms with Crippen LogP contribution in [0, 0.1) is 17.7 Å². The standard InChI is InChI=1S/C22H25N3OS/c1-17-7-9-20(10-8-17)21-23-25(22(27)26-21)16-24-13-11-19(12-14-24)15-18-5-3-2-4-6-18/h2-10,19H,11-16H2,1H3. The molecule has 3 aromatic rings. The zero-order valence-corrected chi connectivity index (χ0v) is 16.5. The van der Waals surface area contributed by atoms with E-state index < -0.39 is 0 Å². The Bertz CT molecular complexity index is 922. The molecule has 0 radical (unpaired) electrons. The minimum Gasteiger partial charge on any atom is -0.409 e. The molecule has 27 heavy (non-hydrogen) atoms. The minimum absolute atomic E-state index is 0.442. The SMILES string of the molecule is Cc1ccc(-c2nn(CN3CCC(Cc4ccccc4)CC3)c(=S)o2)cc1. The first kappa shape index (κ1) is 18.1. The monoisotopic (exact) mass is 379 g/mol. The third-order valence-corrected chi connectivity index (χ3v) is 5.61. The summed E-state index contributed by atoms with van der Waals surface area (Å²) in [5, 5.41) is 4.59. The van der Waals surface area contributed by atoms with E-state index in [4.69, 9.17) is 16.6 Å². The highest BCUT2D eigenvalue weighted by molar-refractivity contribution is 7.71. The van der Waals surface area contributed by atoms with Crippen molar-refractivity contribution in [3.05, 3.63) is 70.6 Å². The van der Waals surface area contributed by atoms with Crippen LogP contribution in [0.25, 0.3) is 11.5 Å². The molecule has 0 aliphatic carbocycles. The van der Waals surface area contributed by atoms with Gasteiger partial charge in [-0.2, -0.15) is 0 Å². The molecule has 0 bridgehead atoms. The number of likely N-dealkylation sites (tertiary alicyclic amines) is 1. The second-order valence-corrected chi connectivity index (χ2v) is 7.78. The summed E-state index contributed by atoms with van der Waals surface area (Å²) in [4.78, 5) is 2.86. The molecule has 0 amide bonds. The summed E-state index contributed by atoms with van der Waals surface area (Å²) in [7, 11) is 0. The van der Waals surface area contributed by atoms with Gasteiger partial charge in [0.15, 0.2) is 0 Å². The molecule has 0 N–H and O–H groups in total. The lowest BCUT2D eigenvalue weighted by atomic mass is 9.90. The molecule has 0 atom stereocenters. The highest BCUT2D eigenvalue weighted by Gasteiger charge is 2.20. The van der Waals surface area contributed by atoms with Crippen molar-refractivity contribution >= 4 is 12.2 Å². The molecule has 1 saturated heterocycles. The highest BCUT2D eigenvalue weighted by atomic mass is 32.1. The van der Waals surface area contributed by atoms with E-state index in [2.05, 4.69) is 59.4 Å². The molecular weight excluding hydrogens is 354 g/mol. The predicted molar refractivity (Wildman–Crippen MR) is 110 cm³/mol. The van der Waals surface area contributed by atoms with Crippen LogP contribution in [0.1, 0.15) is 24.0 Å². The number of benzene rings is 2. The Morgan fingerprint density at radius 2 is 1.74 bits per heavy atom. The van der Waals surface area contributed by atoms with E-state index >= 15 is 0 Å². The second kappa shape index (κ2) is 8.19. The molecule has 5 heteroatoms. The third kappa shape index (κ3) is 4.54. The van der Waals surface area contributed by atoms with Crippen LogP contribution in [0.3, 0.4) is 0 Å². The van der Waals surface area contributed by atoms with E-state index in [9.17, 15) is 0 Å². The number of hydrogen-bond donors (Lipinski definition) is 0. The van der Waals surface area contributed by atoms with E-state index in [0.717, 1.165) is 24.6 Å². The number of aryl methyl sites for hydroxylation is 1. The number of nitrogens with zero attached hydrogens (tertiary/aromatic N) is 3. The largest absolute Gasteiger partial charge is 0.409 e. The molecule has 0 unspecified atom stereocenters. The number of hydrogen-bond acceptors (Lipinski definition) is 4. The Morgan fingerprint density at radius 3 is 2.44 bits per heavy atom. The lowest BCUT2D eigenvalue weighted by Gasteiger charge is -2.31. The average Bonchev–Trinajstić information content (AvgIpc) is 3.05. The summed E-state index contributed by atoms with van der Waals surface area (Å²) in [6.45, 7) is 4.92. The molecule has 140 valence electrons. The summed E-state index contributed by atoms with van der Waals surface area (Å²) in [6, 6.07) is 19.0. The van der Waals surface area contributed by atoms with Crippen molar-refractivity contribution in [2.75, 3.05) is 13.1 Å². The number of aromatic nitrogens is 2. The highest BCUT2D eigenvalue weighted by Crippen LogP contribution is 2.23. The first-order chi connectivity index (χ1) is 13.2. The van der Waals surface area contributed by atoms with Crippen LogP contribution in [-0.2, 0) is 13.1 Å². The van der Waals surface area contributed by atoms with Crippen LogP contribution in [0.2, 0.25) is 0 Å². The zero-order chi connectivity index (χ0) is 18.6. The van der Waals surface area contributed by atoms with Crippen molar-refractivity contribution in [2.45, 2.75) is 32.9 Å². The van der Waals surface area contributed by atoms with E-state index in [1.165, 1.54) is 30.4 Å². The second-order valence-electron chi connectivity index (χ2n) is 7.43. The van der Waals surface area contributed by atoms with Gasteiger partial charge < -0.3 is 4.42 Å². The smallest absolute Gasteiger partial charge is 0.288 e. The van der Waals surface area contributed by atoms with Gasteiger partial charge in [0.1, 0.15) is 0 Å². The summed E-state index contributed by atoms with van der Waals surface area (Å²) < 4.78 is 7.53. The fraction of sp³-hybridized carbons (Fsp3) is 0.364. The molecule has 4 rings (SSSR count). The van der Waals surface area contributed by atoms with Gasteiger partial charge in [0, 0.05) is 18.7 Å². The summed E-state index contributed by atoms with van der Waals surface area (Å²) in [6.07, 6.45) is 3.60. The Morgan fingerprint density at radius 1 is 1.04 bits per heavy atom. The van der Waals surface area contributed by atoms with Gasteiger partial charge in [0.05, 0.1) is 6.67 Å². The van der Waals surface area contributed by atoms with E-state index in [1.807, 2.05) is 16.8 Å². The molecular formula is C22H25N3OS. The number of piperidine rings is 1. The van der Waals surface area contributed by atoms with Crippen molar-refractivity contribution in [1.29, 1.82) is 0 Å². The van der Waals surface area contributed by atoms with Crippen LogP contribution < -0.4 is 0 Å². The van der Waals surface area contributed by atoms with Gasteiger partial charge in [-0.15, -0.1) is 5.10 Å². The van der Waals surface area contributed by atoms with E-state index in [0.29, 0.717) is 17.4 Å². The Hall–Kier alpha value is -2.24. The molecule has 1 aromatic heterocycles. The normalized spacial score (nSPS) is 15.9. The van der Waals surface area contributed by atoms with Crippen molar-refractivity contribution < 1.29 is 4.42 Å². The Labute approximate surface area is 165 Å². The molecule has 1 fully saturated rings. The van der Waals surface area contributed by atoms with Crippen LogP contribution in [0.4, 0.5) is 0 Å². The Kier molecular flexibility index (Phi) is 5.50. The van der Waals surface area contributed by atoms with Crippen molar-refractivity contribution in [1.82, 2.24) is 14.7 Å². The van der Waals surface area contributed by atoms with E-state index in [1.54, 1.807) is 0 Å². The van der Waals surface area contributed by atoms with Gasteiger partial charge in [-0.05, 0) is 62.0 Å². The molecule has 4 nitrogen and oxygen atoms in total. The van der Waals surface area contributed by atoms with Gasteiger partial charge in [-0.25, -0.2) is 4.68 Å². The fourth-order valence-electron chi connectivity index (χ4n) is 3.68. The van der Waals surface area contributed by atoms with Crippen LogP contribution in [0.5, 0.6) is 0 Å². The van der Waals surface area contributed by atoms with Crippen LogP contribution in [-0.4, -0.2) is 27.8 Å². The van der Waals surface area contributed by atoms with Gasteiger partial charge >= 0.3 is 0 Å². The molecule has 1 aliphatic rings. The van der Waals surface area contributed by atoms with Crippen molar-refractivity contribution in [3.63, 3.8) is 0 Å². The molecule has 1 aliphatic heterocycles. The van der Waals surface area contributed by atoms with Crippen LogP contribution >= 0.6 is 12.2 Å².